The van der Waals surface area contributed by atoms with E-state index in [9.17, 15) is 13.2 Å². The van der Waals surface area contributed by atoms with Crippen LogP contribution in [0, 0.1) is 0 Å². The zero-order valence-corrected chi connectivity index (χ0v) is 14.5. The average Bonchev–Trinajstić information content (AvgIpc) is 3.07. The number of nitrogens with zero attached hydrogens (tertiary/aromatic N) is 1. The summed E-state index contributed by atoms with van der Waals surface area (Å²) in [5.41, 5.74) is 0. The standard InChI is InChI=1S/C13H21N5O3S2/c1-14-13(18-10-4-5-11(19)16-9-10)15-6-7-17-23(20,21)12-3-2-8-22-12/h2-3,8,10,17H,4-7,9H2,1H3,(H,16,19)(H2,14,15,18). The molecule has 8 nitrogen and oxygen atoms in total. The molecule has 2 rings (SSSR count). The Balaban J connectivity index is 1.71. The second kappa shape index (κ2) is 8.27. The maximum atomic E-state index is 11.9. The Bertz CT molecular complexity index is 633. The summed E-state index contributed by atoms with van der Waals surface area (Å²) in [7, 11) is -1.79. The number of hydrogen-bond donors (Lipinski definition) is 4. The highest BCUT2D eigenvalue weighted by molar-refractivity contribution is 7.91. The van der Waals surface area contributed by atoms with E-state index in [2.05, 4.69) is 25.7 Å². The molecule has 4 N–H and O–H groups in total. The molecule has 1 aromatic rings. The average molecular weight is 359 g/mol. The first-order chi connectivity index (χ1) is 11.0. The van der Waals surface area contributed by atoms with Gasteiger partial charge < -0.3 is 16.0 Å². The van der Waals surface area contributed by atoms with E-state index in [-0.39, 0.29) is 18.5 Å². The van der Waals surface area contributed by atoms with Crippen molar-refractivity contribution in [1.82, 2.24) is 20.7 Å². The van der Waals surface area contributed by atoms with Gasteiger partial charge in [-0.3, -0.25) is 9.79 Å². The predicted octanol–water partition coefficient (Wildman–Crippen LogP) is -0.530. The van der Waals surface area contributed by atoms with Crippen LogP contribution >= 0.6 is 11.3 Å². The summed E-state index contributed by atoms with van der Waals surface area (Å²) in [5.74, 6) is 0.649. The van der Waals surface area contributed by atoms with Crippen LogP contribution in [0.15, 0.2) is 26.7 Å². The van der Waals surface area contributed by atoms with Gasteiger partial charge in [-0.2, -0.15) is 0 Å². The largest absolute Gasteiger partial charge is 0.355 e. The van der Waals surface area contributed by atoms with E-state index in [0.29, 0.717) is 29.7 Å². The van der Waals surface area contributed by atoms with Gasteiger partial charge in [0.1, 0.15) is 4.21 Å². The van der Waals surface area contributed by atoms with Crippen LogP contribution in [-0.2, 0) is 14.8 Å². The molecule has 23 heavy (non-hydrogen) atoms. The molecular formula is C13H21N5O3S2. The van der Waals surface area contributed by atoms with Gasteiger partial charge in [-0.15, -0.1) is 11.3 Å². The fourth-order valence-electron chi connectivity index (χ4n) is 2.10. The minimum absolute atomic E-state index is 0.0639. The van der Waals surface area contributed by atoms with E-state index >= 15 is 0 Å². The van der Waals surface area contributed by atoms with Gasteiger partial charge >= 0.3 is 0 Å². The number of carbonyl (C=O) groups is 1. The summed E-state index contributed by atoms with van der Waals surface area (Å²) in [5, 5.41) is 10.8. The number of carbonyl (C=O) groups excluding carboxylic acids is 1. The van der Waals surface area contributed by atoms with Crippen molar-refractivity contribution in [3.63, 3.8) is 0 Å². The van der Waals surface area contributed by atoms with Gasteiger partial charge in [0.15, 0.2) is 5.96 Å². The zero-order chi connectivity index (χ0) is 16.7. The van der Waals surface area contributed by atoms with Crippen LogP contribution in [0.4, 0.5) is 0 Å². The van der Waals surface area contributed by atoms with Crippen molar-refractivity contribution in [2.24, 2.45) is 4.99 Å². The molecule has 2 heterocycles. The highest BCUT2D eigenvalue weighted by atomic mass is 32.2. The number of piperidine rings is 1. The summed E-state index contributed by atoms with van der Waals surface area (Å²) in [4.78, 5) is 15.2. The summed E-state index contributed by atoms with van der Waals surface area (Å²) >= 11 is 1.18. The third kappa shape index (κ3) is 5.48. The molecule has 0 saturated carbocycles. The monoisotopic (exact) mass is 359 g/mol. The highest BCUT2D eigenvalue weighted by Crippen LogP contribution is 2.14. The molecule has 1 amide bonds. The quantitative estimate of drug-likeness (QED) is 0.310. The van der Waals surface area contributed by atoms with Gasteiger partial charge in [0.2, 0.25) is 15.9 Å². The lowest BCUT2D eigenvalue weighted by molar-refractivity contribution is -0.122. The molecule has 0 radical (unpaired) electrons. The first kappa shape index (κ1) is 17.7. The lowest BCUT2D eigenvalue weighted by Gasteiger charge is -2.25. The second-order valence-electron chi connectivity index (χ2n) is 5.01. The molecule has 1 aliphatic rings. The van der Waals surface area contributed by atoms with Crippen LogP contribution in [0.3, 0.4) is 0 Å². The summed E-state index contributed by atoms with van der Waals surface area (Å²) in [6, 6.07) is 3.39. The summed E-state index contributed by atoms with van der Waals surface area (Å²) in [6.07, 6.45) is 1.24. The molecule has 0 aliphatic carbocycles. The van der Waals surface area contributed by atoms with Crippen LogP contribution < -0.4 is 20.7 Å². The van der Waals surface area contributed by atoms with E-state index in [1.165, 1.54) is 11.3 Å². The van der Waals surface area contributed by atoms with Crippen LogP contribution in [0.5, 0.6) is 0 Å². The Morgan fingerprint density at radius 1 is 1.48 bits per heavy atom. The van der Waals surface area contributed by atoms with Gasteiger partial charge in [0, 0.05) is 39.1 Å². The molecule has 0 aromatic carbocycles. The smallest absolute Gasteiger partial charge is 0.250 e. The predicted molar refractivity (Wildman–Crippen MR) is 90.0 cm³/mol. The van der Waals surface area contributed by atoms with Crippen molar-refractivity contribution in [2.45, 2.75) is 23.1 Å². The number of sulfonamides is 1. The Hall–Kier alpha value is -1.65. The number of thiophene rings is 1. The number of nitrogens with one attached hydrogen (secondary N) is 4. The Labute approximate surface area is 139 Å². The van der Waals surface area contributed by atoms with E-state index in [0.717, 1.165) is 6.42 Å². The maximum Gasteiger partial charge on any atom is 0.250 e. The van der Waals surface area contributed by atoms with Crippen molar-refractivity contribution in [3.8, 4) is 0 Å². The Morgan fingerprint density at radius 3 is 2.91 bits per heavy atom. The minimum atomic E-state index is -3.43. The molecule has 0 bridgehead atoms. The van der Waals surface area contributed by atoms with Crippen molar-refractivity contribution in [2.75, 3.05) is 26.7 Å². The fraction of sp³-hybridized carbons (Fsp3) is 0.538. The van der Waals surface area contributed by atoms with Crippen molar-refractivity contribution in [1.29, 1.82) is 0 Å². The molecule has 1 aromatic heterocycles. The summed E-state index contributed by atoms with van der Waals surface area (Å²) in [6.45, 7) is 1.22. The molecule has 128 valence electrons. The SMILES string of the molecule is CN=C(NCCNS(=O)(=O)c1cccs1)NC1CCC(=O)NC1. The van der Waals surface area contributed by atoms with E-state index in [4.69, 9.17) is 0 Å². The second-order valence-corrected chi connectivity index (χ2v) is 7.95. The summed E-state index contributed by atoms with van der Waals surface area (Å²) < 4.78 is 26.7. The Morgan fingerprint density at radius 2 is 2.30 bits per heavy atom. The number of aliphatic imine (C=N–C) groups is 1. The fourth-order valence-corrected chi connectivity index (χ4v) is 4.17. The Kier molecular flexibility index (Phi) is 6.37. The molecule has 1 saturated heterocycles. The van der Waals surface area contributed by atoms with Crippen molar-refractivity contribution >= 4 is 33.2 Å². The zero-order valence-electron chi connectivity index (χ0n) is 12.8. The molecule has 1 atom stereocenters. The van der Waals surface area contributed by atoms with Gasteiger partial charge in [0.25, 0.3) is 0 Å². The third-order valence-electron chi connectivity index (χ3n) is 3.30. The van der Waals surface area contributed by atoms with E-state index < -0.39 is 10.0 Å². The van der Waals surface area contributed by atoms with Gasteiger partial charge in [-0.05, 0) is 17.9 Å². The maximum absolute atomic E-state index is 11.9. The van der Waals surface area contributed by atoms with Crippen molar-refractivity contribution < 1.29 is 13.2 Å². The molecule has 10 heteroatoms. The molecule has 1 unspecified atom stereocenters. The normalized spacial score (nSPS) is 19.3. The van der Waals surface area contributed by atoms with Crippen molar-refractivity contribution in [3.05, 3.63) is 17.5 Å². The van der Waals surface area contributed by atoms with Gasteiger partial charge in [-0.1, -0.05) is 6.07 Å². The van der Waals surface area contributed by atoms with Crippen LogP contribution in [-0.4, -0.2) is 53.0 Å². The van der Waals surface area contributed by atoms with Gasteiger partial charge in [-0.25, -0.2) is 13.1 Å². The van der Waals surface area contributed by atoms with E-state index in [1.54, 1.807) is 24.6 Å². The number of rotatable bonds is 6. The molecule has 1 fully saturated rings. The third-order valence-corrected chi connectivity index (χ3v) is 6.16. The van der Waals surface area contributed by atoms with Crippen LogP contribution in [0.25, 0.3) is 0 Å². The number of guanidine groups is 1. The van der Waals surface area contributed by atoms with Crippen LogP contribution in [0.1, 0.15) is 12.8 Å². The van der Waals surface area contributed by atoms with Crippen LogP contribution in [0.2, 0.25) is 0 Å². The lowest BCUT2D eigenvalue weighted by atomic mass is 10.1. The first-order valence-electron chi connectivity index (χ1n) is 7.28. The first-order valence-corrected chi connectivity index (χ1v) is 9.64. The number of amides is 1. The van der Waals surface area contributed by atoms with E-state index in [1.807, 2.05) is 0 Å². The molecule has 1 aliphatic heterocycles. The topological polar surface area (TPSA) is 112 Å². The number of hydrogen-bond acceptors (Lipinski definition) is 5. The molecule has 0 spiro atoms. The molecular weight excluding hydrogens is 338 g/mol. The van der Waals surface area contributed by atoms with Gasteiger partial charge in [0.05, 0.1) is 0 Å². The lowest BCUT2D eigenvalue weighted by Crippen LogP contribution is -2.52. The minimum Gasteiger partial charge on any atom is -0.355 e. The highest BCUT2D eigenvalue weighted by Gasteiger charge is 2.18.